The lowest BCUT2D eigenvalue weighted by Crippen LogP contribution is -1.93. The van der Waals surface area contributed by atoms with Crippen molar-refractivity contribution in [2.75, 3.05) is 0 Å². The number of unbranched alkanes of at least 4 members (excludes halogenated alkanes) is 9. The van der Waals surface area contributed by atoms with Crippen molar-refractivity contribution in [2.45, 2.75) is 84.0 Å². The first-order valence-corrected chi connectivity index (χ1v) is 8.30. The summed E-state index contributed by atoms with van der Waals surface area (Å²) in [5.74, 6) is -0.682. The minimum absolute atomic E-state index is 0.307. The molecule has 0 amide bonds. The van der Waals surface area contributed by atoms with Crippen LogP contribution in [0.15, 0.2) is 24.3 Å². The molecule has 0 saturated heterocycles. The van der Waals surface area contributed by atoms with E-state index in [0.717, 1.165) is 25.7 Å². The van der Waals surface area contributed by atoms with Crippen molar-refractivity contribution in [2.24, 2.45) is 0 Å². The molecule has 0 aromatic heterocycles. The minimum atomic E-state index is -0.682. The monoisotopic (exact) mass is 280 g/mol. The van der Waals surface area contributed by atoms with Crippen LogP contribution < -0.4 is 0 Å². The van der Waals surface area contributed by atoms with E-state index in [1.54, 1.807) is 0 Å². The molecule has 2 heteroatoms. The predicted molar refractivity (Wildman–Crippen MR) is 87.0 cm³/mol. The van der Waals surface area contributed by atoms with Crippen LogP contribution in [-0.2, 0) is 4.79 Å². The van der Waals surface area contributed by atoms with Crippen LogP contribution in [0.1, 0.15) is 84.0 Å². The first-order valence-electron chi connectivity index (χ1n) is 8.30. The molecule has 0 aromatic carbocycles. The lowest BCUT2D eigenvalue weighted by atomic mass is 10.1. The molecule has 0 rings (SSSR count). The third-order valence-electron chi connectivity index (χ3n) is 3.37. The number of aliphatic carboxylic acids is 1. The normalized spacial score (nSPS) is 11.7. The topological polar surface area (TPSA) is 37.3 Å². The van der Waals surface area contributed by atoms with E-state index in [2.05, 4.69) is 31.2 Å². The van der Waals surface area contributed by atoms with E-state index in [0.29, 0.717) is 6.42 Å². The largest absolute Gasteiger partial charge is 0.481 e. The second-order valence-corrected chi connectivity index (χ2v) is 5.41. The van der Waals surface area contributed by atoms with E-state index >= 15 is 0 Å². The van der Waals surface area contributed by atoms with E-state index in [4.69, 9.17) is 5.11 Å². The predicted octanol–water partition coefficient (Wildman–Crippen LogP) is 5.88. The van der Waals surface area contributed by atoms with Gasteiger partial charge in [-0.25, -0.2) is 0 Å². The van der Waals surface area contributed by atoms with Crippen LogP contribution in [0.2, 0.25) is 0 Å². The highest BCUT2D eigenvalue weighted by molar-refractivity contribution is 5.66. The Labute approximate surface area is 125 Å². The number of allylic oxidation sites excluding steroid dienone is 4. The number of hydrogen-bond acceptors (Lipinski definition) is 1. The van der Waals surface area contributed by atoms with E-state index in [1.165, 1.54) is 44.9 Å². The van der Waals surface area contributed by atoms with E-state index in [-0.39, 0.29) is 0 Å². The number of hydrogen-bond donors (Lipinski definition) is 1. The SMILES string of the molecule is CCCCCCCC/C=C/C=C/CCCCCC(=O)O. The summed E-state index contributed by atoms with van der Waals surface area (Å²) >= 11 is 0. The molecule has 0 fully saturated rings. The van der Waals surface area contributed by atoms with Crippen LogP contribution in [0.25, 0.3) is 0 Å². The summed E-state index contributed by atoms with van der Waals surface area (Å²) in [6.07, 6.45) is 22.3. The van der Waals surface area contributed by atoms with Gasteiger partial charge >= 0.3 is 5.97 Å². The maximum atomic E-state index is 10.3. The maximum absolute atomic E-state index is 10.3. The summed E-state index contributed by atoms with van der Waals surface area (Å²) in [5.41, 5.74) is 0. The molecule has 0 bridgehead atoms. The van der Waals surface area contributed by atoms with Crippen molar-refractivity contribution in [3.05, 3.63) is 24.3 Å². The average molecular weight is 280 g/mol. The smallest absolute Gasteiger partial charge is 0.303 e. The maximum Gasteiger partial charge on any atom is 0.303 e. The van der Waals surface area contributed by atoms with E-state index in [9.17, 15) is 4.79 Å². The molecule has 2 nitrogen and oxygen atoms in total. The third kappa shape index (κ3) is 16.9. The highest BCUT2D eigenvalue weighted by Gasteiger charge is 1.94. The fourth-order valence-electron chi connectivity index (χ4n) is 2.11. The van der Waals surface area contributed by atoms with Crippen LogP contribution in [0.3, 0.4) is 0 Å². The lowest BCUT2D eigenvalue weighted by molar-refractivity contribution is -0.137. The summed E-state index contributed by atoms with van der Waals surface area (Å²) in [4.78, 5) is 10.3. The number of carboxylic acid groups (broad SMARTS) is 1. The zero-order valence-electron chi connectivity index (χ0n) is 13.2. The molecule has 0 aromatic rings. The number of carboxylic acids is 1. The zero-order valence-corrected chi connectivity index (χ0v) is 13.2. The zero-order chi connectivity index (χ0) is 14.9. The molecule has 0 heterocycles. The van der Waals surface area contributed by atoms with Crippen LogP contribution >= 0.6 is 0 Å². The van der Waals surface area contributed by atoms with Gasteiger partial charge in [0.25, 0.3) is 0 Å². The summed E-state index contributed by atoms with van der Waals surface area (Å²) in [6, 6.07) is 0. The van der Waals surface area contributed by atoms with Crippen molar-refractivity contribution in [3.63, 3.8) is 0 Å². The summed E-state index contributed by atoms with van der Waals surface area (Å²) in [6.45, 7) is 2.25. The second-order valence-electron chi connectivity index (χ2n) is 5.41. The third-order valence-corrected chi connectivity index (χ3v) is 3.37. The first-order chi connectivity index (χ1) is 9.77. The molecule has 0 radical (unpaired) electrons. The Morgan fingerprint density at radius 3 is 1.85 bits per heavy atom. The standard InChI is InChI=1S/C18H32O2/c1-2-3-4-5-6-7-8-9-10-11-12-13-14-15-16-17-18(19)20/h9-12H,2-8,13-17H2,1H3,(H,19,20)/b10-9+,12-11+. The molecule has 0 unspecified atom stereocenters. The Morgan fingerprint density at radius 1 is 0.800 bits per heavy atom. The molecule has 0 aliphatic carbocycles. The summed E-state index contributed by atoms with van der Waals surface area (Å²) in [7, 11) is 0. The van der Waals surface area contributed by atoms with Crippen molar-refractivity contribution in [1.29, 1.82) is 0 Å². The first kappa shape index (κ1) is 18.9. The van der Waals surface area contributed by atoms with Gasteiger partial charge in [0.05, 0.1) is 0 Å². The summed E-state index contributed by atoms with van der Waals surface area (Å²) < 4.78 is 0. The summed E-state index contributed by atoms with van der Waals surface area (Å²) in [5, 5.41) is 8.49. The van der Waals surface area contributed by atoms with Crippen LogP contribution in [0.5, 0.6) is 0 Å². The number of carbonyl (C=O) groups is 1. The van der Waals surface area contributed by atoms with E-state index < -0.39 is 5.97 Å². The quantitative estimate of drug-likeness (QED) is 0.318. The molecule has 0 aliphatic rings. The van der Waals surface area contributed by atoms with Gasteiger partial charge in [0, 0.05) is 6.42 Å². The molecule has 20 heavy (non-hydrogen) atoms. The highest BCUT2D eigenvalue weighted by atomic mass is 16.4. The highest BCUT2D eigenvalue weighted by Crippen LogP contribution is 2.07. The van der Waals surface area contributed by atoms with Gasteiger partial charge in [-0.15, -0.1) is 0 Å². The molecule has 116 valence electrons. The minimum Gasteiger partial charge on any atom is -0.481 e. The van der Waals surface area contributed by atoms with Gasteiger partial charge in [-0.1, -0.05) is 69.8 Å². The van der Waals surface area contributed by atoms with Gasteiger partial charge in [0.1, 0.15) is 0 Å². The Bertz CT molecular complexity index is 267. The van der Waals surface area contributed by atoms with Crippen LogP contribution in [-0.4, -0.2) is 11.1 Å². The van der Waals surface area contributed by atoms with Crippen LogP contribution in [0, 0.1) is 0 Å². The lowest BCUT2D eigenvalue weighted by Gasteiger charge is -1.97. The van der Waals surface area contributed by atoms with Gasteiger partial charge in [-0.3, -0.25) is 4.79 Å². The fourth-order valence-corrected chi connectivity index (χ4v) is 2.11. The Morgan fingerprint density at radius 2 is 1.30 bits per heavy atom. The Balaban J connectivity index is 3.21. The van der Waals surface area contributed by atoms with Gasteiger partial charge < -0.3 is 5.11 Å². The molecule has 1 N–H and O–H groups in total. The van der Waals surface area contributed by atoms with Gasteiger partial charge in [-0.05, 0) is 32.1 Å². The average Bonchev–Trinajstić information content (AvgIpc) is 2.43. The van der Waals surface area contributed by atoms with Crippen LogP contribution in [0.4, 0.5) is 0 Å². The Hall–Kier alpha value is -1.05. The molecule has 0 aliphatic heterocycles. The van der Waals surface area contributed by atoms with Gasteiger partial charge in [-0.2, -0.15) is 0 Å². The molecule has 0 atom stereocenters. The van der Waals surface area contributed by atoms with E-state index in [1.807, 2.05) is 0 Å². The number of rotatable bonds is 14. The second kappa shape index (κ2) is 16.0. The van der Waals surface area contributed by atoms with Crippen molar-refractivity contribution >= 4 is 5.97 Å². The molecule has 0 spiro atoms. The fraction of sp³-hybridized carbons (Fsp3) is 0.722. The molecular weight excluding hydrogens is 248 g/mol. The Kier molecular flexibility index (Phi) is 15.2. The molecule has 0 saturated carbocycles. The van der Waals surface area contributed by atoms with Crippen molar-refractivity contribution < 1.29 is 9.90 Å². The van der Waals surface area contributed by atoms with Crippen molar-refractivity contribution in [1.82, 2.24) is 0 Å². The van der Waals surface area contributed by atoms with Crippen molar-refractivity contribution in [3.8, 4) is 0 Å². The van der Waals surface area contributed by atoms with Gasteiger partial charge in [0.2, 0.25) is 0 Å². The molecular formula is C18H32O2. The van der Waals surface area contributed by atoms with Gasteiger partial charge in [0.15, 0.2) is 0 Å².